The molecule has 0 saturated carbocycles. The topological polar surface area (TPSA) is 3.24 Å². The van der Waals surface area contributed by atoms with E-state index in [1.54, 1.807) is 0 Å². The lowest BCUT2D eigenvalue weighted by atomic mass is 9.78. The van der Waals surface area contributed by atoms with E-state index in [0.29, 0.717) is 0 Å². The third kappa shape index (κ3) is 3.62. The summed E-state index contributed by atoms with van der Waals surface area (Å²) in [6.07, 6.45) is 0. The quantitative estimate of drug-likeness (QED) is 0.226. The zero-order valence-corrected chi connectivity index (χ0v) is 23.6. The molecule has 0 unspecified atom stereocenters. The zero-order chi connectivity index (χ0) is 27.4. The molecule has 0 saturated heterocycles. The van der Waals surface area contributed by atoms with Gasteiger partial charge in [0.25, 0.3) is 0 Å². The van der Waals surface area contributed by atoms with Crippen LogP contribution in [-0.2, 0) is 5.41 Å². The van der Waals surface area contributed by atoms with E-state index in [1.165, 1.54) is 55.3 Å². The first-order valence-corrected chi connectivity index (χ1v) is 14.1. The SMILES string of the molecule is Cc1cc(N(c2ccccc2)c2ccccc2)ccc1-c1c(C)c2c(c3ccccc13)C(C)(C)c1ccccc1-2. The van der Waals surface area contributed by atoms with E-state index in [1.807, 2.05) is 0 Å². The highest BCUT2D eigenvalue weighted by Gasteiger charge is 2.38. The Bertz CT molecular complexity index is 1840. The highest BCUT2D eigenvalue weighted by molar-refractivity contribution is 6.08. The van der Waals surface area contributed by atoms with Gasteiger partial charge in [-0.2, -0.15) is 0 Å². The van der Waals surface area contributed by atoms with Crippen LogP contribution in [0.25, 0.3) is 33.0 Å². The molecule has 0 heterocycles. The van der Waals surface area contributed by atoms with Crippen molar-refractivity contribution in [2.24, 2.45) is 0 Å². The Kier molecular flexibility index (Phi) is 5.64. The fourth-order valence-corrected chi connectivity index (χ4v) is 6.95. The van der Waals surface area contributed by atoms with Crippen LogP contribution in [-0.4, -0.2) is 0 Å². The van der Waals surface area contributed by atoms with E-state index in [2.05, 4.69) is 160 Å². The highest BCUT2D eigenvalue weighted by atomic mass is 15.1. The van der Waals surface area contributed by atoms with Gasteiger partial charge in [0.2, 0.25) is 0 Å². The molecule has 0 radical (unpaired) electrons. The van der Waals surface area contributed by atoms with Gasteiger partial charge in [0.05, 0.1) is 0 Å². The van der Waals surface area contributed by atoms with Crippen LogP contribution >= 0.6 is 0 Å². The number of aryl methyl sites for hydroxylation is 1. The summed E-state index contributed by atoms with van der Waals surface area (Å²) in [5, 5.41) is 2.69. The van der Waals surface area contributed by atoms with Crippen molar-refractivity contribution in [2.75, 3.05) is 4.90 Å². The molecule has 0 fully saturated rings. The van der Waals surface area contributed by atoms with E-state index >= 15 is 0 Å². The first kappa shape index (κ1) is 24.4. The molecular formula is C39H33N. The number of para-hydroxylation sites is 2. The number of anilines is 3. The van der Waals surface area contributed by atoms with Crippen molar-refractivity contribution in [3.63, 3.8) is 0 Å². The standard InChI is InChI=1S/C39H33N/c1-26-25-30(40(28-15-7-5-8-16-28)29-17-9-6-10-18-29)23-24-31(26)36-27(2)37-34-21-13-14-22-35(34)39(3,4)38(37)33-20-12-11-19-32(33)36/h5-25H,1-4H3. The van der Waals surface area contributed by atoms with Crippen molar-refractivity contribution in [3.05, 3.63) is 150 Å². The Morgan fingerprint density at radius 2 is 1.07 bits per heavy atom. The summed E-state index contributed by atoms with van der Waals surface area (Å²) in [7, 11) is 0. The Morgan fingerprint density at radius 1 is 0.500 bits per heavy atom. The maximum absolute atomic E-state index is 2.38. The van der Waals surface area contributed by atoms with Crippen LogP contribution in [0, 0.1) is 13.8 Å². The summed E-state index contributed by atoms with van der Waals surface area (Å²) in [6, 6.07) is 46.2. The summed E-state index contributed by atoms with van der Waals surface area (Å²) in [4.78, 5) is 2.34. The lowest BCUT2D eigenvalue weighted by molar-refractivity contribution is 0.666. The maximum Gasteiger partial charge on any atom is 0.0464 e. The lowest BCUT2D eigenvalue weighted by Gasteiger charge is -2.27. The molecule has 0 N–H and O–H groups in total. The molecule has 1 heteroatoms. The lowest BCUT2D eigenvalue weighted by Crippen LogP contribution is -2.15. The average Bonchev–Trinajstić information content (AvgIpc) is 3.23. The van der Waals surface area contributed by atoms with E-state index < -0.39 is 0 Å². The minimum atomic E-state index is -0.0421. The van der Waals surface area contributed by atoms with E-state index in [0.717, 1.165) is 17.1 Å². The van der Waals surface area contributed by atoms with Gasteiger partial charge in [0.1, 0.15) is 0 Å². The second-order valence-corrected chi connectivity index (χ2v) is 11.5. The smallest absolute Gasteiger partial charge is 0.0464 e. The molecule has 1 nitrogen and oxygen atoms in total. The van der Waals surface area contributed by atoms with Crippen LogP contribution in [0.3, 0.4) is 0 Å². The molecule has 0 aromatic heterocycles. The van der Waals surface area contributed by atoms with Gasteiger partial charge in [0.15, 0.2) is 0 Å². The van der Waals surface area contributed by atoms with Crippen molar-refractivity contribution < 1.29 is 0 Å². The fraction of sp³-hybridized carbons (Fsp3) is 0.128. The summed E-state index contributed by atoms with van der Waals surface area (Å²) in [5.74, 6) is 0. The first-order valence-electron chi connectivity index (χ1n) is 14.1. The van der Waals surface area contributed by atoms with Crippen molar-refractivity contribution >= 4 is 27.8 Å². The number of fused-ring (bicyclic) bond motifs is 5. The number of benzene rings is 6. The van der Waals surface area contributed by atoms with Crippen LogP contribution < -0.4 is 4.90 Å². The third-order valence-electron chi connectivity index (χ3n) is 8.73. The predicted molar refractivity (Wildman–Crippen MR) is 171 cm³/mol. The fourth-order valence-electron chi connectivity index (χ4n) is 6.95. The molecule has 6 aromatic rings. The van der Waals surface area contributed by atoms with Crippen LogP contribution in [0.1, 0.15) is 36.1 Å². The minimum absolute atomic E-state index is 0.0421. The van der Waals surface area contributed by atoms with E-state index in [4.69, 9.17) is 0 Å². The maximum atomic E-state index is 2.38. The Morgan fingerprint density at radius 3 is 1.73 bits per heavy atom. The molecule has 0 aliphatic heterocycles. The molecule has 194 valence electrons. The highest BCUT2D eigenvalue weighted by Crippen LogP contribution is 2.55. The van der Waals surface area contributed by atoms with Crippen molar-refractivity contribution in [1.29, 1.82) is 0 Å². The Labute approximate surface area is 237 Å². The molecule has 0 amide bonds. The minimum Gasteiger partial charge on any atom is -0.310 e. The van der Waals surface area contributed by atoms with Crippen molar-refractivity contribution in [1.82, 2.24) is 0 Å². The van der Waals surface area contributed by atoms with Crippen molar-refractivity contribution in [2.45, 2.75) is 33.1 Å². The molecule has 0 bridgehead atoms. The molecule has 0 atom stereocenters. The van der Waals surface area contributed by atoms with Gasteiger partial charge in [-0.05, 0) is 106 Å². The van der Waals surface area contributed by atoms with E-state index in [9.17, 15) is 0 Å². The summed E-state index contributed by atoms with van der Waals surface area (Å²) >= 11 is 0. The van der Waals surface area contributed by atoms with Crippen LogP contribution in [0.2, 0.25) is 0 Å². The zero-order valence-electron chi connectivity index (χ0n) is 23.6. The number of hydrogen-bond donors (Lipinski definition) is 0. The number of rotatable bonds is 4. The molecule has 0 spiro atoms. The van der Waals surface area contributed by atoms with Gasteiger partial charge in [-0.3, -0.25) is 0 Å². The molecule has 40 heavy (non-hydrogen) atoms. The monoisotopic (exact) mass is 515 g/mol. The number of hydrogen-bond acceptors (Lipinski definition) is 1. The number of nitrogens with zero attached hydrogens (tertiary/aromatic N) is 1. The third-order valence-corrected chi connectivity index (χ3v) is 8.73. The molecule has 6 aromatic carbocycles. The molecule has 7 rings (SSSR count). The van der Waals surface area contributed by atoms with Crippen molar-refractivity contribution in [3.8, 4) is 22.3 Å². The van der Waals surface area contributed by atoms with Gasteiger partial charge in [-0.15, -0.1) is 0 Å². The normalized spacial score (nSPS) is 13.2. The van der Waals surface area contributed by atoms with Crippen LogP contribution in [0.5, 0.6) is 0 Å². The summed E-state index contributed by atoms with van der Waals surface area (Å²) < 4.78 is 0. The second-order valence-electron chi connectivity index (χ2n) is 11.5. The largest absolute Gasteiger partial charge is 0.310 e. The average molecular weight is 516 g/mol. The van der Waals surface area contributed by atoms with Gasteiger partial charge >= 0.3 is 0 Å². The van der Waals surface area contributed by atoms with Crippen LogP contribution in [0.4, 0.5) is 17.1 Å². The first-order chi connectivity index (χ1) is 19.5. The Hall–Kier alpha value is -4.62. The molecular weight excluding hydrogens is 482 g/mol. The van der Waals surface area contributed by atoms with Gasteiger partial charge in [-0.1, -0.05) is 105 Å². The summed E-state index contributed by atoms with van der Waals surface area (Å²) in [5.41, 5.74) is 14.4. The van der Waals surface area contributed by atoms with Crippen LogP contribution in [0.15, 0.2) is 127 Å². The second kappa shape index (κ2) is 9.24. The van der Waals surface area contributed by atoms with Gasteiger partial charge in [-0.25, -0.2) is 0 Å². The van der Waals surface area contributed by atoms with Gasteiger partial charge in [0, 0.05) is 22.5 Å². The van der Waals surface area contributed by atoms with Gasteiger partial charge < -0.3 is 4.90 Å². The predicted octanol–water partition coefficient (Wildman–Crippen LogP) is 10.9. The Balaban J connectivity index is 1.46. The van der Waals surface area contributed by atoms with E-state index in [-0.39, 0.29) is 5.41 Å². The summed E-state index contributed by atoms with van der Waals surface area (Å²) in [6.45, 7) is 9.34. The molecule has 1 aliphatic carbocycles. The molecule has 1 aliphatic rings.